The number of nitrogens with zero attached hydrogens (tertiary/aromatic N) is 2. The second kappa shape index (κ2) is 5.27. The summed E-state index contributed by atoms with van der Waals surface area (Å²) in [6, 6.07) is 5.70. The van der Waals surface area contributed by atoms with E-state index in [-0.39, 0.29) is 0 Å². The first-order chi connectivity index (χ1) is 6.75. The maximum absolute atomic E-state index is 5.68. The molecule has 0 N–H and O–H groups in total. The van der Waals surface area contributed by atoms with E-state index in [0.717, 1.165) is 15.5 Å². The molecule has 14 heavy (non-hydrogen) atoms. The van der Waals surface area contributed by atoms with E-state index in [9.17, 15) is 0 Å². The number of halogens is 2. The van der Waals surface area contributed by atoms with E-state index in [2.05, 4.69) is 25.9 Å². The van der Waals surface area contributed by atoms with Crippen molar-refractivity contribution in [2.75, 3.05) is 0 Å². The van der Waals surface area contributed by atoms with Crippen LogP contribution in [0.25, 0.3) is 11.0 Å². The first-order valence-electron chi connectivity index (χ1n) is 4.33. The van der Waals surface area contributed by atoms with Crippen molar-refractivity contribution in [2.24, 2.45) is 0 Å². The zero-order valence-corrected chi connectivity index (χ0v) is 10.3. The van der Waals surface area contributed by atoms with Crippen molar-refractivity contribution >= 4 is 38.6 Å². The Bertz CT molecular complexity index is 395. The Morgan fingerprint density at radius 3 is 2.64 bits per heavy atom. The standard InChI is InChI=1S/C8H4BrClN2.C2H6/c9-5-1-2-6-7(3-5)12-8(10)4-11-6;1-2/h1-4H;1-2H3. The summed E-state index contributed by atoms with van der Waals surface area (Å²) in [5, 5.41) is 0.417. The Balaban J connectivity index is 0.000000461. The number of hydrogen-bond donors (Lipinski definition) is 0. The maximum Gasteiger partial charge on any atom is 0.148 e. The minimum atomic E-state index is 0.417. The molecule has 1 aromatic heterocycles. The molecule has 0 saturated heterocycles. The molecular formula is C10H10BrClN2. The van der Waals surface area contributed by atoms with Crippen LogP contribution in [0.2, 0.25) is 5.15 Å². The fourth-order valence-corrected chi connectivity index (χ4v) is 1.45. The summed E-state index contributed by atoms with van der Waals surface area (Å²) in [6.45, 7) is 4.00. The van der Waals surface area contributed by atoms with Gasteiger partial charge in [0.05, 0.1) is 17.2 Å². The molecule has 0 aliphatic carbocycles. The molecule has 0 bridgehead atoms. The van der Waals surface area contributed by atoms with Crippen molar-refractivity contribution in [3.63, 3.8) is 0 Å². The maximum atomic E-state index is 5.68. The molecule has 2 rings (SSSR count). The molecule has 0 amide bonds. The van der Waals surface area contributed by atoms with E-state index in [1.807, 2.05) is 32.0 Å². The highest BCUT2D eigenvalue weighted by Crippen LogP contribution is 2.17. The minimum absolute atomic E-state index is 0.417. The lowest BCUT2D eigenvalue weighted by molar-refractivity contribution is 1.29. The second-order valence-corrected chi connectivity index (χ2v) is 3.63. The van der Waals surface area contributed by atoms with Crippen LogP contribution in [-0.2, 0) is 0 Å². The summed E-state index contributed by atoms with van der Waals surface area (Å²) in [5.41, 5.74) is 1.65. The van der Waals surface area contributed by atoms with Crippen molar-refractivity contribution in [1.29, 1.82) is 0 Å². The summed E-state index contributed by atoms with van der Waals surface area (Å²) >= 11 is 9.03. The number of fused-ring (bicyclic) bond motifs is 1. The highest BCUT2D eigenvalue weighted by Gasteiger charge is 1.97. The van der Waals surface area contributed by atoms with Crippen molar-refractivity contribution in [3.8, 4) is 0 Å². The summed E-state index contributed by atoms with van der Waals surface area (Å²) in [7, 11) is 0. The smallest absolute Gasteiger partial charge is 0.148 e. The van der Waals surface area contributed by atoms with Gasteiger partial charge >= 0.3 is 0 Å². The highest BCUT2D eigenvalue weighted by molar-refractivity contribution is 9.10. The summed E-state index contributed by atoms with van der Waals surface area (Å²) in [4.78, 5) is 8.22. The van der Waals surface area contributed by atoms with Crippen LogP contribution >= 0.6 is 27.5 Å². The number of aromatic nitrogens is 2. The Labute approximate surface area is 96.5 Å². The molecular weight excluding hydrogens is 263 g/mol. The lowest BCUT2D eigenvalue weighted by Crippen LogP contribution is -1.83. The van der Waals surface area contributed by atoms with E-state index in [1.165, 1.54) is 6.20 Å². The Kier molecular flexibility index (Phi) is 4.29. The van der Waals surface area contributed by atoms with Crippen LogP contribution in [0.3, 0.4) is 0 Å². The molecule has 0 fully saturated rings. The van der Waals surface area contributed by atoms with Gasteiger partial charge in [-0.15, -0.1) is 0 Å². The molecule has 0 aliphatic rings. The van der Waals surface area contributed by atoms with Gasteiger partial charge in [-0.25, -0.2) is 4.98 Å². The van der Waals surface area contributed by atoms with Crippen LogP contribution < -0.4 is 0 Å². The quantitative estimate of drug-likeness (QED) is 0.723. The third-order valence-electron chi connectivity index (χ3n) is 1.47. The molecule has 0 radical (unpaired) electrons. The van der Waals surface area contributed by atoms with Crippen molar-refractivity contribution in [1.82, 2.24) is 9.97 Å². The summed E-state index contributed by atoms with van der Waals surface area (Å²) in [5.74, 6) is 0. The van der Waals surface area contributed by atoms with Gasteiger partial charge in [0.25, 0.3) is 0 Å². The largest absolute Gasteiger partial charge is 0.251 e. The highest BCUT2D eigenvalue weighted by atomic mass is 79.9. The van der Waals surface area contributed by atoms with Gasteiger partial charge in [-0.2, -0.15) is 0 Å². The molecule has 2 aromatic rings. The molecule has 0 aliphatic heterocycles. The molecule has 1 heterocycles. The fraction of sp³-hybridized carbons (Fsp3) is 0.200. The van der Waals surface area contributed by atoms with Gasteiger partial charge in [0, 0.05) is 4.47 Å². The predicted octanol–water partition coefficient (Wildman–Crippen LogP) is 4.07. The molecule has 0 saturated carbocycles. The first kappa shape index (κ1) is 11.4. The van der Waals surface area contributed by atoms with Crippen molar-refractivity contribution < 1.29 is 0 Å². The van der Waals surface area contributed by atoms with E-state index < -0.39 is 0 Å². The van der Waals surface area contributed by atoms with Gasteiger partial charge in [0.2, 0.25) is 0 Å². The van der Waals surface area contributed by atoms with E-state index in [4.69, 9.17) is 11.6 Å². The third kappa shape index (κ3) is 2.66. The van der Waals surface area contributed by atoms with Gasteiger partial charge in [-0.3, -0.25) is 4.98 Å². The lowest BCUT2D eigenvalue weighted by Gasteiger charge is -1.96. The van der Waals surface area contributed by atoms with Crippen LogP contribution in [0.1, 0.15) is 13.8 Å². The van der Waals surface area contributed by atoms with E-state index in [0.29, 0.717) is 5.15 Å². The Hall–Kier alpha value is -0.670. The van der Waals surface area contributed by atoms with Crippen molar-refractivity contribution in [2.45, 2.75) is 13.8 Å². The van der Waals surface area contributed by atoms with Crippen LogP contribution in [-0.4, -0.2) is 9.97 Å². The van der Waals surface area contributed by atoms with Gasteiger partial charge in [0.15, 0.2) is 0 Å². The van der Waals surface area contributed by atoms with Crippen molar-refractivity contribution in [3.05, 3.63) is 34.0 Å². The zero-order chi connectivity index (χ0) is 10.6. The van der Waals surface area contributed by atoms with Crippen LogP contribution in [0, 0.1) is 0 Å². The number of rotatable bonds is 0. The SMILES string of the molecule is CC.Clc1cnc2ccc(Br)cc2n1. The fourth-order valence-electron chi connectivity index (χ4n) is 0.962. The third-order valence-corrected chi connectivity index (χ3v) is 2.15. The van der Waals surface area contributed by atoms with Crippen LogP contribution in [0.15, 0.2) is 28.9 Å². The topological polar surface area (TPSA) is 25.8 Å². The molecule has 1 aromatic carbocycles. The van der Waals surface area contributed by atoms with Crippen LogP contribution in [0.5, 0.6) is 0 Å². The lowest BCUT2D eigenvalue weighted by atomic mass is 10.3. The molecule has 4 heteroatoms. The van der Waals surface area contributed by atoms with Gasteiger partial charge in [-0.05, 0) is 18.2 Å². The van der Waals surface area contributed by atoms with E-state index in [1.54, 1.807) is 0 Å². The predicted molar refractivity (Wildman–Crippen MR) is 63.6 cm³/mol. The number of hydrogen-bond acceptors (Lipinski definition) is 2. The molecule has 0 atom stereocenters. The van der Waals surface area contributed by atoms with Gasteiger partial charge in [-0.1, -0.05) is 41.4 Å². The normalized spacial score (nSPS) is 9.43. The van der Waals surface area contributed by atoms with Crippen LogP contribution in [0.4, 0.5) is 0 Å². The molecule has 0 unspecified atom stereocenters. The molecule has 0 spiro atoms. The molecule has 2 nitrogen and oxygen atoms in total. The van der Waals surface area contributed by atoms with Gasteiger partial charge < -0.3 is 0 Å². The van der Waals surface area contributed by atoms with Gasteiger partial charge in [0.1, 0.15) is 5.15 Å². The molecule has 74 valence electrons. The second-order valence-electron chi connectivity index (χ2n) is 2.33. The van der Waals surface area contributed by atoms with E-state index >= 15 is 0 Å². The monoisotopic (exact) mass is 272 g/mol. The first-order valence-corrected chi connectivity index (χ1v) is 5.50. The summed E-state index contributed by atoms with van der Waals surface area (Å²) in [6.07, 6.45) is 1.54. The Morgan fingerprint density at radius 1 is 1.21 bits per heavy atom. The summed E-state index contributed by atoms with van der Waals surface area (Å²) < 4.78 is 0.978. The average molecular weight is 274 g/mol. The average Bonchev–Trinajstić information content (AvgIpc) is 2.20. The zero-order valence-electron chi connectivity index (χ0n) is 7.96. The Morgan fingerprint density at radius 2 is 1.93 bits per heavy atom. The minimum Gasteiger partial charge on any atom is -0.251 e. The number of benzene rings is 1.